The van der Waals surface area contributed by atoms with Crippen LogP contribution in [-0.2, 0) is 11.1 Å². The fourth-order valence-electron chi connectivity index (χ4n) is 0.176. The molecule has 0 amide bonds. The Bertz CT molecular complexity index is 154. The maximum Gasteiger partial charge on any atom is 0.182 e. The van der Waals surface area contributed by atoms with Gasteiger partial charge in [0.25, 0.3) is 0 Å². The molecule has 0 aromatic heterocycles. The predicted molar refractivity (Wildman–Crippen MR) is 33.4 cm³/mol. The van der Waals surface area contributed by atoms with Gasteiger partial charge in [0, 0.05) is 11.3 Å². The molecule has 0 heterocycles. The van der Waals surface area contributed by atoms with E-state index in [0.29, 0.717) is 0 Å². The van der Waals surface area contributed by atoms with Crippen molar-refractivity contribution in [2.24, 2.45) is 0 Å². The SMILES string of the molecule is C#CCC(=C)S(=O)O. The summed E-state index contributed by atoms with van der Waals surface area (Å²) in [4.78, 5) is 0.174. The fraction of sp³-hybridized carbons (Fsp3) is 0.200. The van der Waals surface area contributed by atoms with Crippen LogP contribution in [0.15, 0.2) is 11.5 Å². The third-order valence-electron chi connectivity index (χ3n) is 0.546. The normalized spacial score (nSPS) is 12.0. The van der Waals surface area contributed by atoms with Crippen molar-refractivity contribution >= 4 is 11.1 Å². The minimum absolute atomic E-state index is 0.170. The topological polar surface area (TPSA) is 37.3 Å². The lowest BCUT2D eigenvalue weighted by molar-refractivity contribution is 0.570. The average Bonchev–Trinajstić information content (AvgIpc) is 1.67. The Hall–Kier alpha value is -0.590. The van der Waals surface area contributed by atoms with Crippen molar-refractivity contribution in [3.8, 4) is 12.3 Å². The molecule has 0 aliphatic rings. The molecule has 0 rings (SSSR count). The van der Waals surface area contributed by atoms with E-state index in [1.165, 1.54) is 0 Å². The molecular weight excluding hydrogens is 124 g/mol. The molecular formula is C5H6O2S. The van der Waals surface area contributed by atoms with Gasteiger partial charge in [0.1, 0.15) is 0 Å². The third kappa shape index (κ3) is 2.56. The first-order valence-electron chi connectivity index (χ1n) is 1.90. The lowest BCUT2D eigenvalue weighted by atomic mass is 10.4. The van der Waals surface area contributed by atoms with Crippen molar-refractivity contribution in [3.63, 3.8) is 0 Å². The Morgan fingerprint density at radius 2 is 2.50 bits per heavy atom. The molecule has 0 aliphatic heterocycles. The smallest absolute Gasteiger partial charge is 0.182 e. The molecule has 0 aliphatic carbocycles. The second kappa shape index (κ2) is 3.42. The van der Waals surface area contributed by atoms with Crippen LogP contribution in [0.2, 0.25) is 0 Å². The van der Waals surface area contributed by atoms with Gasteiger partial charge in [-0.25, -0.2) is 4.21 Å². The Morgan fingerprint density at radius 1 is 2.00 bits per heavy atom. The molecule has 0 aromatic rings. The van der Waals surface area contributed by atoms with Crippen LogP contribution < -0.4 is 0 Å². The lowest BCUT2D eigenvalue weighted by Crippen LogP contribution is -1.88. The highest BCUT2D eigenvalue weighted by molar-refractivity contribution is 7.83. The Balaban J connectivity index is 3.71. The highest BCUT2D eigenvalue weighted by Gasteiger charge is 1.95. The molecule has 2 nitrogen and oxygen atoms in total. The molecule has 0 bridgehead atoms. The van der Waals surface area contributed by atoms with Gasteiger partial charge in [-0.1, -0.05) is 6.58 Å². The summed E-state index contributed by atoms with van der Waals surface area (Å²) in [5, 5.41) is 0. The van der Waals surface area contributed by atoms with Crippen LogP contribution >= 0.6 is 0 Å². The highest BCUT2D eigenvalue weighted by atomic mass is 32.2. The number of terminal acetylenes is 1. The molecule has 8 heavy (non-hydrogen) atoms. The summed E-state index contributed by atoms with van der Waals surface area (Å²) in [6.07, 6.45) is 4.98. The standard InChI is InChI=1S/C5H6O2S/c1-3-4-5(2)8(6)7/h1H,2,4H2,(H,6,7). The lowest BCUT2D eigenvalue weighted by Gasteiger charge is -1.88. The minimum Gasteiger partial charge on any atom is -0.302 e. The van der Waals surface area contributed by atoms with Gasteiger partial charge in [0.15, 0.2) is 11.1 Å². The molecule has 0 radical (unpaired) electrons. The summed E-state index contributed by atoms with van der Waals surface area (Å²) in [6, 6.07) is 0. The van der Waals surface area contributed by atoms with Gasteiger partial charge in [0.05, 0.1) is 0 Å². The van der Waals surface area contributed by atoms with E-state index in [9.17, 15) is 4.21 Å². The van der Waals surface area contributed by atoms with E-state index in [0.717, 1.165) is 0 Å². The van der Waals surface area contributed by atoms with Crippen molar-refractivity contribution in [3.05, 3.63) is 11.5 Å². The van der Waals surface area contributed by atoms with Crippen LogP contribution in [0, 0.1) is 12.3 Å². The van der Waals surface area contributed by atoms with E-state index in [1.54, 1.807) is 0 Å². The van der Waals surface area contributed by atoms with E-state index in [2.05, 4.69) is 12.5 Å². The van der Waals surface area contributed by atoms with Crippen molar-refractivity contribution in [1.82, 2.24) is 0 Å². The van der Waals surface area contributed by atoms with E-state index in [-0.39, 0.29) is 11.3 Å². The molecule has 1 N–H and O–H groups in total. The van der Waals surface area contributed by atoms with Crippen LogP contribution in [0.25, 0.3) is 0 Å². The van der Waals surface area contributed by atoms with Crippen LogP contribution in [0.3, 0.4) is 0 Å². The summed E-state index contributed by atoms with van der Waals surface area (Å²) < 4.78 is 18.2. The van der Waals surface area contributed by atoms with Crippen molar-refractivity contribution in [2.45, 2.75) is 6.42 Å². The van der Waals surface area contributed by atoms with Crippen LogP contribution in [0.4, 0.5) is 0 Å². The van der Waals surface area contributed by atoms with Crippen molar-refractivity contribution in [2.75, 3.05) is 0 Å². The number of rotatable bonds is 2. The molecule has 44 valence electrons. The first kappa shape index (κ1) is 7.41. The largest absolute Gasteiger partial charge is 0.302 e. The number of hydrogen-bond acceptors (Lipinski definition) is 1. The second-order valence-corrected chi connectivity index (χ2v) is 2.24. The quantitative estimate of drug-likeness (QED) is 0.442. The fourth-order valence-corrected chi connectivity index (χ4v) is 0.382. The van der Waals surface area contributed by atoms with Gasteiger partial charge < -0.3 is 4.55 Å². The van der Waals surface area contributed by atoms with E-state index in [1.807, 2.05) is 0 Å². The zero-order chi connectivity index (χ0) is 6.57. The maximum absolute atomic E-state index is 10.0. The maximum atomic E-state index is 10.0. The summed E-state index contributed by atoms with van der Waals surface area (Å²) in [7, 11) is 0. The van der Waals surface area contributed by atoms with Gasteiger partial charge in [-0.2, -0.15) is 0 Å². The molecule has 0 spiro atoms. The van der Waals surface area contributed by atoms with Crippen LogP contribution in [-0.4, -0.2) is 8.76 Å². The van der Waals surface area contributed by atoms with Gasteiger partial charge in [-0.15, -0.1) is 12.3 Å². The monoisotopic (exact) mass is 130 g/mol. The molecule has 0 fully saturated rings. The highest BCUT2D eigenvalue weighted by Crippen LogP contribution is 1.98. The zero-order valence-corrected chi connectivity index (χ0v) is 5.07. The van der Waals surface area contributed by atoms with E-state index < -0.39 is 11.1 Å². The summed E-state index contributed by atoms with van der Waals surface area (Å²) in [5.41, 5.74) is 0. The van der Waals surface area contributed by atoms with Gasteiger partial charge in [-0.3, -0.25) is 0 Å². The molecule has 1 atom stereocenters. The molecule has 0 saturated heterocycles. The Kier molecular flexibility index (Phi) is 3.16. The molecule has 1 unspecified atom stereocenters. The van der Waals surface area contributed by atoms with E-state index in [4.69, 9.17) is 11.0 Å². The van der Waals surface area contributed by atoms with Gasteiger partial charge >= 0.3 is 0 Å². The summed E-state index contributed by atoms with van der Waals surface area (Å²) in [6.45, 7) is 3.25. The zero-order valence-electron chi connectivity index (χ0n) is 4.26. The Labute approximate surface area is 50.9 Å². The first-order valence-corrected chi connectivity index (χ1v) is 3.01. The predicted octanol–water partition coefficient (Wildman–Crippen LogP) is 0.745. The second-order valence-electron chi connectivity index (χ2n) is 1.17. The first-order chi connectivity index (χ1) is 3.68. The van der Waals surface area contributed by atoms with Crippen LogP contribution in [0.5, 0.6) is 0 Å². The summed E-state index contributed by atoms with van der Waals surface area (Å²) >= 11 is -1.95. The van der Waals surface area contributed by atoms with Crippen molar-refractivity contribution < 1.29 is 8.76 Å². The van der Waals surface area contributed by atoms with Crippen LogP contribution in [0.1, 0.15) is 6.42 Å². The van der Waals surface area contributed by atoms with E-state index >= 15 is 0 Å². The third-order valence-corrected chi connectivity index (χ3v) is 1.18. The molecule has 0 aromatic carbocycles. The number of allylic oxidation sites excluding steroid dienone is 1. The molecule has 3 heteroatoms. The summed E-state index contributed by atoms with van der Waals surface area (Å²) in [5.74, 6) is 2.20. The number of hydrogen-bond donors (Lipinski definition) is 1. The van der Waals surface area contributed by atoms with Gasteiger partial charge in [-0.05, 0) is 0 Å². The van der Waals surface area contributed by atoms with Gasteiger partial charge in [0.2, 0.25) is 0 Å². The van der Waals surface area contributed by atoms with Crippen molar-refractivity contribution in [1.29, 1.82) is 0 Å². The Morgan fingerprint density at radius 3 is 2.62 bits per heavy atom. The average molecular weight is 130 g/mol. The molecule has 0 saturated carbocycles. The minimum atomic E-state index is -1.95.